The normalized spacial score (nSPS) is 11.7. The van der Waals surface area contributed by atoms with Gasteiger partial charge in [0, 0.05) is 22.5 Å². The zero-order valence-corrected chi connectivity index (χ0v) is 9.61. The summed E-state index contributed by atoms with van der Waals surface area (Å²) in [6.45, 7) is 0. The van der Waals surface area contributed by atoms with Crippen molar-refractivity contribution in [3.63, 3.8) is 0 Å². The Bertz CT molecular complexity index is 459. The maximum absolute atomic E-state index is 12.3. The Morgan fingerprint density at radius 1 is 1.06 bits per heavy atom. The Balaban J connectivity index is 1.99. The summed E-state index contributed by atoms with van der Waals surface area (Å²) in [6.07, 6.45) is -2.44. The van der Waals surface area contributed by atoms with E-state index in [1.165, 1.54) is 23.9 Å². The smallest absolute Gasteiger partial charge is 0.364 e. The summed E-state index contributed by atoms with van der Waals surface area (Å²) in [6, 6.07) is 9.04. The molecule has 1 nitrogen and oxygen atoms in total. The first-order chi connectivity index (χ1) is 8.05. The number of aromatic nitrogens is 1. The molecule has 0 saturated heterocycles. The molecule has 90 valence electrons. The van der Waals surface area contributed by atoms with E-state index in [0.717, 1.165) is 28.5 Å². The van der Waals surface area contributed by atoms with Crippen molar-refractivity contribution in [1.82, 2.24) is 4.98 Å². The van der Waals surface area contributed by atoms with E-state index in [1.807, 2.05) is 18.3 Å². The molecule has 17 heavy (non-hydrogen) atoms. The topological polar surface area (TPSA) is 15.8 Å². The van der Waals surface area contributed by atoms with Gasteiger partial charge in [-0.05, 0) is 36.4 Å². The van der Waals surface area contributed by atoms with Crippen molar-refractivity contribution in [1.29, 1.82) is 0 Å². The number of rotatable bonds is 3. The Hall–Kier alpha value is -1.36. The minimum Gasteiger partial charge on any atom is -0.364 e. The van der Waals surface area contributed by atoms with Gasteiger partial charge in [-0.15, -0.1) is 11.8 Å². The lowest BCUT2D eigenvalue weighted by atomic mass is 10.2. The monoisotopic (exact) mass is 257 g/mol. The molecule has 0 radical (unpaired) electrons. The predicted molar refractivity (Wildman–Crippen MR) is 61.8 cm³/mol. The van der Waals surface area contributed by atoms with E-state index in [4.69, 9.17) is 0 Å². The summed E-state index contributed by atoms with van der Waals surface area (Å²) < 4.78 is 37.0. The van der Waals surface area contributed by atoms with Crippen molar-refractivity contribution >= 4 is 11.8 Å². The molecule has 0 amide bonds. The lowest BCUT2D eigenvalue weighted by molar-refractivity contribution is -0.137. The molecule has 5 heteroatoms. The minimum atomic E-state index is -4.26. The molecule has 2 rings (SSSR count). The van der Waals surface area contributed by atoms with Gasteiger partial charge < -0.3 is 4.98 Å². The predicted octanol–water partition coefficient (Wildman–Crippen LogP) is 4.33. The second-order valence-corrected chi connectivity index (χ2v) is 4.55. The number of halogens is 3. The molecule has 0 saturated carbocycles. The molecule has 0 aliphatic rings. The van der Waals surface area contributed by atoms with Gasteiger partial charge in [0.1, 0.15) is 0 Å². The third-order valence-electron chi connectivity index (χ3n) is 2.24. The Morgan fingerprint density at radius 3 is 2.29 bits per heavy atom. The first-order valence-electron chi connectivity index (χ1n) is 4.98. The molecule has 0 fully saturated rings. The molecule has 0 aliphatic heterocycles. The van der Waals surface area contributed by atoms with E-state index in [1.54, 1.807) is 0 Å². The number of hydrogen-bond acceptors (Lipinski definition) is 1. The van der Waals surface area contributed by atoms with Gasteiger partial charge >= 0.3 is 6.18 Å². The van der Waals surface area contributed by atoms with Crippen LogP contribution in [-0.4, -0.2) is 4.98 Å². The molecule has 0 bridgehead atoms. The van der Waals surface area contributed by atoms with Crippen LogP contribution in [0.4, 0.5) is 13.2 Å². The second-order valence-electron chi connectivity index (χ2n) is 3.51. The fourth-order valence-corrected chi connectivity index (χ4v) is 2.19. The largest absolute Gasteiger partial charge is 0.416 e. The summed E-state index contributed by atoms with van der Waals surface area (Å²) in [5, 5.41) is 0. The zero-order valence-electron chi connectivity index (χ0n) is 8.79. The highest BCUT2D eigenvalue weighted by atomic mass is 32.2. The number of alkyl halides is 3. The van der Waals surface area contributed by atoms with Crippen LogP contribution in [-0.2, 0) is 11.9 Å². The third-order valence-corrected chi connectivity index (χ3v) is 3.30. The average molecular weight is 257 g/mol. The van der Waals surface area contributed by atoms with Crippen LogP contribution in [0.5, 0.6) is 0 Å². The molecule has 0 aliphatic carbocycles. The van der Waals surface area contributed by atoms with Crippen molar-refractivity contribution in [3.05, 3.63) is 53.9 Å². The summed E-state index contributed by atoms with van der Waals surface area (Å²) in [5.74, 6) is 0.721. The van der Waals surface area contributed by atoms with Crippen LogP contribution in [0, 0.1) is 0 Å². The van der Waals surface area contributed by atoms with Gasteiger partial charge in [-0.25, -0.2) is 0 Å². The van der Waals surface area contributed by atoms with Crippen molar-refractivity contribution < 1.29 is 13.2 Å². The van der Waals surface area contributed by atoms with Gasteiger partial charge in [0.15, 0.2) is 0 Å². The van der Waals surface area contributed by atoms with Crippen molar-refractivity contribution in [2.45, 2.75) is 16.8 Å². The van der Waals surface area contributed by atoms with E-state index in [0.29, 0.717) is 0 Å². The number of thioether (sulfide) groups is 1. The molecule has 1 heterocycles. The summed E-state index contributed by atoms with van der Waals surface area (Å²) in [5.41, 5.74) is 0.441. The summed E-state index contributed by atoms with van der Waals surface area (Å²) in [7, 11) is 0. The molecule has 1 N–H and O–H groups in total. The molecule has 0 spiro atoms. The Kier molecular flexibility index (Phi) is 3.47. The van der Waals surface area contributed by atoms with E-state index in [2.05, 4.69) is 4.98 Å². The lowest BCUT2D eigenvalue weighted by Crippen LogP contribution is -2.03. The molecule has 0 unspecified atom stereocenters. The van der Waals surface area contributed by atoms with Gasteiger partial charge in [0.2, 0.25) is 0 Å². The first-order valence-corrected chi connectivity index (χ1v) is 5.96. The molecule has 0 atom stereocenters. The number of benzene rings is 1. The van der Waals surface area contributed by atoms with Crippen LogP contribution < -0.4 is 0 Å². The van der Waals surface area contributed by atoms with Gasteiger partial charge in [-0.3, -0.25) is 0 Å². The van der Waals surface area contributed by atoms with Crippen LogP contribution in [0.3, 0.4) is 0 Å². The standard InChI is InChI=1S/C12H10F3NS/c13-12(14,15)9-3-5-11(6-4-9)17-8-10-2-1-7-16-10/h1-7,16H,8H2. The quantitative estimate of drug-likeness (QED) is 0.809. The van der Waals surface area contributed by atoms with Crippen LogP contribution in [0.25, 0.3) is 0 Å². The molecule has 1 aromatic heterocycles. The molecular formula is C12H10F3NS. The fourth-order valence-electron chi connectivity index (χ4n) is 1.36. The first kappa shape index (κ1) is 12.1. The maximum atomic E-state index is 12.3. The van der Waals surface area contributed by atoms with E-state index in [9.17, 15) is 13.2 Å². The number of nitrogens with one attached hydrogen (secondary N) is 1. The Labute approximate surface area is 101 Å². The van der Waals surface area contributed by atoms with E-state index < -0.39 is 11.7 Å². The lowest BCUT2D eigenvalue weighted by Gasteiger charge is -2.07. The Morgan fingerprint density at radius 2 is 1.76 bits per heavy atom. The van der Waals surface area contributed by atoms with Crippen LogP contribution >= 0.6 is 11.8 Å². The van der Waals surface area contributed by atoms with Crippen molar-refractivity contribution in [3.8, 4) is 0 Å². The van der Waals surface area contributed by atoms with Crippen molar-refractivity contribution in [2.75, 3.05) is 0 Å². The zero-order chi connectivity index (χ0) is 12.3. The highest BCUT2D eigenvalue weighted by Crippen LogP contribution is 2.31. The highest BCUT2D eigenvalue weighted by Gasteiger charge is 2.29. The van der Waals surface area contributed by atoms with Crippen LogP contribution in [0.2, 0.25) is 0 Å². The second kappa shape index (κ2) is 4.87. The number of aromatic amines is 1. The van der Waals surface area contributed by atoms with Gasteiger partial charge in [0.25, 0.3) is 0 Å². The van der Waals surface area contributed by atoms with Crippen LogP contribution in [0.15, 0.2) is 47.5 Å². The molecule has 2 aromatic rings. The van der Waals surface area contributed by atoms with Crippen molar-refractivity contribution in [2.24, 2.45) is 0 Å². The SMILES string of the molecule is FC(F)(F)c1ccc(SCc2ccc[nH]2)cc1. The summed E-state index contributed by atoms with van der Waals surface area (Å²) >= 11 is 1.50. The third kappa shape index (κ3) is 3.30. The van der Waals surface area contributed by atoms with Crippen LogP contribution in [0.1, 0.15) is 11.3 Å². The summed E-state index contributed by atoms with van der Waals surface area (Å²) in [4.78, 5) is 3.87. The number of H-pyrrole nitrogens is 1. The highest BCUT2D eigenvalue weighted by molar-refractivity contribution is 7.98. The maximum Gasteiger partial charge on any atom is 0.416 e. The number of hydrogen-bond donors (Lipinski definition) is 1. The van der Waals surface area contributed by atoms with Gasteiger partial charge in [0.05, 0.1) is 5.56 Å². The fraction of sp³-hybridized carbons (Fsp3) is 0.167. The van der Waals surface area contributed by atoms with E-state index in [-0.39, 0.29) is 0 Å². The van der Waals surface area contributed by atoms with Gasteiger partial charge in [-0.1, -0.05) is 0 Å². The van der Waals surface area contributed by atoms with E-state index >= 15 is 0 Å². The average Bonchev–Trinajstić information content (AvgIpc) is 2.78. The molecular weight excluding hydrogens is 247 g/mol. The van der Waals surface area contributed by atoms with Gasteiger partial charge in [-0.2, -0.15) is 13.2 Å². The minimum absolute atomic E-state index is 0.610. The molecule has 1 aromatic carbocycles.